The van der Waals surface area contributed by atoms with Crippen LogP contribution in [0.25, 0.3) is 0 Å². The normalized spacial score (nSPS) is 11.2. The zero-order valence-electron chi connectivity index (χ0n) is 12.1. The zero-order chi connectivity index (χ0) is 15.2. The lowest BCUT2D eigenvalue weighted by Crippen LogP contribution is -2.25. The molecule has 108 valence electrons. The molecule has 0 aliphatic heterocycles. The van der Waals surface area contributed by atoms with Gasteiger partial charge >= 0.3 is 0 Å². The van der Waals surface area contributed by atoms with E-state index in [1.165, 1.54) is 4.88 Å². The first-order valence-electron chi connectivity index (χ1n) is 6.56. The van der Waals surface area contributed by atoms with Crippen molar-refractivity contribution in [3.63, 3.8) is 0 Å². The number of benzene rings is 1. The van der Waals surface area contributed by atoms with E-state index in [2.05, 4.69) is 16.2 Å². The van der Waals surface area contributed by atoms with Crippen LogP contribution < -0.4 is 10.1 Å². The third-order valence-electron chi connectivity index (χ3n) is 2.88. The zero-order valence-corrected chi connectivity index (χ0v) is 12.9. The molecule has 0 unspecified atom stereocenters. The highest BCUT2D eigenvalue weighted by Gasteiger charge is 2.07. The van der Waals surface area contributed by atoms with Gasteiger partial charge in [0.15, 0.2) is 4.80 Å². The van der Waals surface area contributed by atoms with Crippen LogP contribution in [0.1, 0.15) is 10.4 Å². The number of nitrogens with one attached hydrogen (secondary N) is 1. The maximum atomic E-state index is 11.8. The van der Waals surface area contributed by atoms with E-state index >= 15 is 0 Å². The smallest absolute Gasteiger partial charge is 0.225 e. The molecule has 4 nitrogen and oxygen atoms in total. The summed E-state index contributed by atoms with van der Waals surface area (Å²) in [5.74, 6) is 2.30. The van der Waals surface area contributed by atoms with Crippen molar-refractivity contribution in [3.05, 3.63) is 45.7 Å². The van der Waals surface area contributed by atoms with E-state index in [1.54, 1.807) is 11.3 Å². The van der Waals surface area contributed by atoms with E-state index in [0.29, 0.717) is 0 Å². The molecular formula is C16H17N3OS. The van der Waals surface area contributed by atoms with Crippen molar-refractivity contribution in [3.8, 4) is 12.3 Å². The van der Waals surface area contributed by atoms with Crippen LogP contribution in [-0.4, -0.2) is 17.0 Å². The number of thiazole rings is 1. The second-order valence-corrected chi connectivity index (χ2v) is 5.85. The molecule has 1 amide bonds. The Morgan fingerprint density at radius 3 is 2.90 bits per heavy atom. The van der Waals surface area contributed by atoms with Crippen molar-refractivity contribution in [1.29, 1.82) is 0 Å². The van der Waals surface area contributed by atoms with E-state index in [9.17, 15) is 4.79 Å². The molecule has 0 fully saturated rings. The fraction of sp³-hybridized carbons (Fsp3) is 0.250. The third-order valence-corrected chi connectivity index (χ3v) is 3.87. The molecule has 5 heteroatoms. The molecule has 0 aliphatic rings. The predicted molar refractivity (Wildman–Crippen MR) is 85.2 cm³/mol. The van der Waals surface area contributed by atoms with Crippen LogP contribution in [0.3, 0.4) is 0 Å². The third kappa shape index (κ3) is 4.07. The second kappa shape index (κ2) is 6.91. The molecule has 0 spiro atoms. The molecule has 1 aromatic carbocycles. The average molecular weight is 299 g/mol. The lowest BCUT2D eigenvalue weighted by atomic mass is 10.1. The molecule has 0 bridgehead atoms. The number of hydrogen-bond donors (Lipinski definition) is 1. The van der Waals surface area contributed by atoms with Crippen LogP contribution in [0.2, 0.25) is 0 Å². The first-order chi connectivity index (χ1) is 10.1. The van der Waals surface area contributed by atoms with Gasteiger partial charge in [0.05, 0.1) is 18.7 Å². The highest BCUT2D eigenvalue weighted by Crippen LogP contribution is 2.19. The van der Waals surface area contributed by atoms with E-state index in [-0.39, 0.29) is 18.9 Å². The van der Waals surface area contributed by atoms with Gasteiger partial charge in [-0.15, -0.1) is 17.8 Å². The van der Waals surface area contributed by atoms with Gasteiger partial charge in [0.1, 0.15) is 0 Å². The molecule has 0 aliphatic carbocycles. The summed E-state index contributed by atoms with van der Waals surface area (Å²) in [7, 11) is 1.96. The number of para-hydroxylation sites is 1. The van der Waals surface area contributed by atoms with Crippen molar-refractivity contribution in [1.82, 2.24) is 9.88 Å². The minimum absolute atomic E-state index is 0.0951. The van der Waals surface area contributed by atoms with Crippen LogP contribution in [-0.2, 0) is 18.3 Å². The number of hydrogen-bond acceptors (Lipinski definition) is 3. The van der Waals surface area contributed by atoms with E-state index in [1.807, 2.05) is 49.0 Å². The fourth-order valence-corrected chi connectivity index (χ4v) is 2.77. The highest BCUT2D eigenvalue weighted by molar-refractivity contribution is 7.09. The Bertz CT molecular complexity index is 749. The van der Waals surface area contributed by atoms with Crippen LogP contribution >= 0.6 is 11.3 Å². The Morgan fingerprint density at radius 1 is 1.48 bits per heavy atom. The van der Waals surface area contributed by atoms with E-state index in [4.69, 9.17) is 6.42 Å². The average Bonchev–Trinajstić information content (AvgIpc) is 2.77. The van der Waals surface area contributed by atoms with Gasteiger partial charge in [-0.1, -0.05) is 24.1 Å². The highest BCUT2D eigenvalue weighted by atomic mass is 32.1. The van der Waals surface area contributed by atoms with Crippen LogP contribution in [0.15, 0.2) is 35.5 Å². The van der Waals surface area contributed by atoms with Gasteiger partial charge in [0, 0.05) is 18.1 Å². The maximum Gasteiger partial charge on any atom is 0.225 e. The molecule has 0 radical (unpaired) electrons. The van der Waals surface area contributed by atoms with Crippen molar-refractivity contribution < 1.29 is 4.79 Å². The summed E-state index contributed by atoms with van der Waals surface area (Å²) < 4.78 is 1.98. The summed E-state index contributed by atoms with van der Waals surface area (Å²) in [6.45, 7) is 2.29. The largest absolute Gasteiger partial charge is 0.345 e. The predicted octanol–water partition coefficient (Wildman–Crippen LogP) is 1.92. The first kappa shape index (κ1) is 15.1. The second-order valence-electron chi connectivity index (χ2n) is 4.63. The molecule has 2 rings (SSSR count). The van der Waals surface area contributed by atoms with Crippen LogP contribution in [0, 0.1) is 19.3 Å². The number of terminal acetylenes is 1. The molecule has 1 N–H and O–H groups in total. The summed E-state index contributed by atoms with van der Waals surface area (Å²) in [5.41, 5.74) is 1.70. The number of aryl methyl sites for hydroxylation is 2. The Balaban J connectivity index is 2.30. The Morgan fingerprint density at radius 2 is 2.24 bits per heavy atom. The summed E-state index contributed by atoms with van der Waals surface area (Å²) in [4.78, 5) is 18.6. The minimum Gasteiger partial charge on any atom is -0.345 e. The molecule has 21 heavy (non-hydrogen) atoms. The molecular weight excluding hydrogens is 282 g/mol. The number of nitrogens with zero attached hydrogens (tertiary/aromatic N) is 2. The van der Waals surface area contributed by atoms with E-state index in [0.717, 1.165) is 16.1 Å². The topological polar surface area (TPSA) is 46.4 Å². The van der Waals surface area contributed by atoms with Crippen molar-refractivity contribution in [2.45, 2.75) is 13.3 Å². The van der Waals surface area contributed by atoms with Gasteiger partial charge in [-0.25, -0.2) is 4.99 Å². The summed E-state index contributed by atoms with van der Waals surface area (Å²) in [5, 5.41) is 2.67. The lowest BCUT2D eigenvalue weighted by Gasteiger charge is -2.05. The summed E-state index contributed by atoms with van der Waals surface area (Å²) in [6.07, 6.45) is 7.44. The number of carbonyl (C=O) groups excluding carboxylic acids is 1. The van der Waals surface area contributed by atoms with Crippen LogP contribution in [0.4, 0.5) is 5.69 Å². The minimum atomic E-state index is -0.0951. The number of carbonyl (C=O) groups is 1. The molecule has 0 atom stereocenters. The van der Waals surface area contributed by atoms with Crippen molar-refractivity contribution >= 4 is 22.9 Å². The van der Waals surface area contributed by atoms with Gasteiger partial charge in [-0.05, 0) is 18.6 Å². The maximum absolute atomic E-state index is 11.8. The Hall–Kier alpha value is -2.32. The van der Waals surface area contributed by atoms with E-state index < -0.39 is 0 Å². The Labute approximate surface area is 128 Å². The van der Waals surface area contributed by atoms with Gasteiger partial charge < -0.3 is 9.88 Å². The van der Waals surface area contributed by atoms with Crippen LogP contribution in [0.5, 0.6) is 0 Å². The Kier molecular flexibility index (Phi) is 4.96. The number of aromatic nitrogens is 1. The van der Waals surface area contributed by atoms with Gasteiger partial charge in [-0.2, -0.15) is 0 Å². The monoisotopic (exact) mass is 299 g/mol. The molecule has 1 heterocycles. The summed E-state index contributed by atoms with van der Waals surface area (Å²) >= 11 is 1.62. The lowest BCUT2D eigenvalue weighted by molar-refractivity contribution is -0.120. The molecule has 0 saturated heterocycles. The van der Waals surface area contributed by atoms with Gasteiger partial charge in [0.25, 0.3) is 0 Å². The molecule has 2 aromatic rings. The first-order valence-corrected chi connectivity index (χ1v) is 7.37. The number of amides is 1. The molecule has 0 saturated carbocycles. The van der Waals surface area contributed by atoms with Gasteiger partial charge in [0.2, 0.25) is 5.91 Å². The quantitative estimate of drug-likeness (QED) is 0.862. The molecule has 1 aromatic heterocycles. The fourth-order valence-electron chi connectivity index (χ4n) is 1.93. The SMILES string of the molecule is C#CCNC(=O)Cc1ccccc1N=c1sc(C)cn1C. The summed E-state index contributed by atoms with van der Waals surface area (Å²) in [6, 6.07) is 7.65. The standard InChI is InChI=1S/C16H17N3OS/c1-4-9-17-15(20)10-13-7-5-6-8-14(13)18-16-19(3)11-12(2)21-16/h1,5-8,11H,9-10H2,2-3H3,(H,17,20). The van der Waals surface area contributed by atoms with Crippen molar-refractivity contribution in [2.75, 3.05) is 6.54 Å². The van der Waals surface area contributed by atoms with Crippen molar-refractivity contribution in [2.24, 2.45) is 12.0 Å². The number of rotatable bonds is 4. The van der Waals surface area contributed by atoms with Gasteiger partial charge in [-0.3, -0.25) is 4.79 Å².